The van der Waals surface area contributed by atoms with Crippen LogP contribution in [0.4, 0.5) is 4.79 Å². The maximum atomic E-state index is 12.5. The second-order valence-corrected chi connectivity index (χ2v) is 12.1. The van der Waals surface area contributed by atoms with Gasteiger partial charge in [0.25, 0.3) is 0 Å². The predicted octanol–water partition coefficient (Wildman–Crippen LogP) is 6.01. The van der Waals surface area contributed by atoms with Crippen molar-refractivity contribution < 1.29 is 28.9 Å². The molecule has 2 unspecified atom stereocenters. The van der Waals surface area contributed by atoms with Crippen molar-refractivity contribution in [1.29, 1.82) is 0 Å². The molecule has 0 aliphatic carbocycles. The number of benzene rings is 2. The van der Waals surface area contributed by atoms with Gasteiger partial charge in [0.1, 0.15) is 0 Å². The van der Waals surface area contributed by atoms with Gasteiger partial charge in [0.2, 0.25) is 0 Å². The van der Waals surface area contributed by atoms with Crippen LogP contribution in [0.15, 0.2) is 30.3 Å². The molecule has 0 aliphatic rings. The van der Waals surface area contributed by atoms with Crippen LogP contribution in [0, 0.1) is 0 Å². The van der Waals surface area contributed by atoms with Crippen LogP contribution in [-0.2, 0) is 14.3 Å². The third kappa shape index (κ3) is 6.81. The van der Waals surface area contributed by atoms with Crippen molar-refractivity contribution in [3.8, 4) is 17.2 Å². The third-order valence-corrected chi connectivity index (χ3v) is 9.55. The second-order valence-electron chi connectivity index (χ2n) is 6.96. The maximum absolute atomic E-state index is 12.5. The molecule has 0 saturated heterocycles. The van der Waals surface area contributed by atoms with Crippen LogP contribution in [-0.4, -0.2) is 43.7 Å². The average Bonchev–Trinajstić information content (AvgIpc) is 2.75. The van der Waals surface area contributed by atoms with Crippen molar-refractivity contribution >= 4 is 52.9 Å². The Labute approximate surface area is 203 Å². The van der Waals surface area contributed by atoms with Gasteiger partial charge in [0.15, 0.2) is 0 Å². The molecule has 0 fully saturated rings. The first-order chi connectivity index (χ1) is 15.2. The minimum atomic E-state index is -2.66. The molecule has 0 amide bonds. The number of aromatic hydroxyl groups is 1. The number of halogens is 2. The van der Waals surface area contributed by atoms with Crippen molar-refractivity contribution in [1.82, 2.24) is 0 Å². The van der Waals surface area contributed by atoms with E-state index in [-0.39, 0.29) is 45.9 Å². The molecule has 174 valence electrons. The molecule has 32 heavy (non-hydrogen) atoms. The summed E-state index contributed by atoms with van der Waals surface area (Å²) in [6, 6.07) is 8.13. The molecule has 2 rings (SSSR count). The summed E-state index contributed by atoms with van der Waals surface area (Å²) in [5, 5.41) is 10.5. The van der Waals surface area contributed by atoms with Crippen molar-refractivity contribution in [2.75, 3.05) is 13.2 Å². The Morgan fingerprint density at radius 2 is 1.66 bits per heavy atom. The SMILES string of the molecule is CCOC(=O)C[As](C(=O)OCC)c1cc(Cl)c(Oc2ccc(O)c(C(C)CC)c2)c(Cl)c1. The molecule has 2 atom stereocenters. The summed E-state index contributed by atoms with van der Waals surface area (Å²) < 4.78 is 16.3. The third-order valence-electron chi connectivity index (χ3n) is 4.74. The van der Waals surface area contributed by atoms with Crippen molar-refractivity contribution in [2.45, 2.75) is 45.2 Å². The summed E-state index contributed by atoms with van der Waals surface area (Å²) in [6.07, 6.45) is 0.855. The first kappa shape index (κ1) is 26.4. The van der Waals surface area contributed by atoms with Gasteiger partial charge in [-0.05, 0) is 0 Å². The first-order valence-corrected chi connectivity index (χ1v) is 14.3. The minimum absolute atomic E-state index is 0.0528. The Bertz CT molecular complexity index is 942. The number of hydrogen-bond acceptors (Lipinski definition) is 6. The molecule has 0 bridgehead atoms. The zero-order valence-corrected chi connectivity index (χ0v) is 21.9. The van der Waals surface area contributed by atoms with Crippen molar-refractivity contribution in [3.05, 3.63) is 45.9 Å². The van der Waals surface area contributed by atoms with Gasteiger partial charge >= 0.3 is 203 Å². The number of hydrogen-bond donors (Lipinski definition) is 1. The number of phenols is 1. The monoisotopic (exact) mass is 544 g/mol. The number of ether oxygens (including phenoxy) is 3. The fourth-order valence-corrected chi connectivity index (χ4v) is 7.45. The van der Waals surface area contributed by atoms with Gasteiger partial charge < -0.3 is 0 Å². The van der Waals surface area contributed by atoms with Gasteiger partial charge in [-0.25, -0.2) is 0 Å². The van der Waals surface area contributed by atoms with Crippen molar-refractivity contribution in [3.63, 3.8) is 0 Å². The molecule has 2 aromatic rings. The van der Waals surface area contributed by atoms with Crippen LogP contribution < -0.4 is 9.09 Å². The fraction of sp³-hybridized carbons (Fsp3) is 0.391. The van der Waals surface area contributed by atoms with Gasteiger partial charge in [0, 0.05) is 0 Å². The van der Waals surface area contributed by atoms with Crippen LogP contribution >= 0.6 is 23.2 Å². The molecule has 6 nitrogen and oxygen atoms in total. The molecule has 2 aromatic carbocycles. The fourth-order valence-electron chi connectivity index (χ4n) is 2.93. The van der Waals surface area contributed by atoms with Crippen LogP contribution in [0.2, 0.25) is 15.3 Å². The summed E-state index contributed by atoms with van der Waals surface area (Å²) in [5.74, 6) is 0.579. The summed E-state index contributed by atoms with van der Waals surface area (Å²) >= 11 is 10.3. The summed E-state index contributed by atoms with van der Waals surface area (Å²) in [4.78, 5) is 24.6. The number of carbonyl (C=O) groups excluding carboxylic acids is 2. The Hall–Kier alpha value is -1.88. The van der Waals surface area contributed by atoms with Gasteiger partial charge in [-0.1, -0.05) is 0 Å². The van der Waals surface area contributed by atoms with Crippen molar-refractivity contribution in [2.24, 2.45) is 0 Å². The Balaban J connectivity index is 2.37. The van der Waals surface area contributed by atoms with Crippen LogP contribution in [0.5, 0.6) is 17.2 Å². The van der Waals surface area contributed by atoms with Gasteiger partial charge in [-0.15, -0.1) is 0 Å². The van der Waals surface area contributed by atoms with Gasteiger partial charge in [-0.3, -0.25) is 0 Å². The topological polar surface area (TPSA) is 82.1 Å². The molecule has 9 heteroatoms. The van der Waals surface area contributed by atoms with Gasteiger partial charge in [-0.2, -0.15) is 0 Å². The first-order valence-electron chi connectivity index (χ1n) is 10.3. The summed E-state index contributed by atoms with van der Waals surface area (Å²) in [7, 11) is 0. The van der Waals surface area contributed by atoms with Crippen LogP contribution in [0.3, 0.4) is 0 Å². The Morgan fingerprint density at radius 1 is 1.03 bits per heavy atom. The molecule has 0 radical (unpaired) electrons. The zero-order valence-electron chi connectivity index (χ0n) is 18.5. The molecule has 0 heterocycles. The van der Waals surface area contributed by atoms with E-state index in [4.69, 9.17) is 37.4 Å². The standard InChI is InChI=1S/C23H27AsCl2O6/c1-5-14(4)17-12-16(8-9-20(17)27)32-22-18(25)10-15(11-19(22)26)24(23(29)31-7-3)13-21(28)30-6-2/h8-12,14,27H,5-7,13H2,1-4H3. The van der Waals surface area contributed by atoms with E-state index < -0.39 is 25.4 Å². The van der Waals surface area contributed by atoms with E-state index >= 15 is 0 Å². The average molecular weight is 545 g/mol. The molecule has 0 aromatic heterocycles. The van der Waals surface area contributed by atoms with E-state index in [0.29, 0.717) is 10.1 Å². The van der Waals surface area contributed by atoms with Crippen LogP contribution in [0.1, 0.15) is 45.6 Å². The Morgan fingerprint density at radius 3 is 2.22 bits per heavy atom. The van der Waals surface area contributed by atoms with E-state index in [1.165, 1.54) is 0 Å². The number of phenolic OH excluding ortho intramolecular Hbond substituents is 1. The molecular weight excluding hydrogens is 518 g/mol. The van der Waals surface area contributed by atoms with E-state index in [9.17, 15) is 14.7 Å². The number of rotatable bonds is 10. The van der Waals surface area contributed by atoms with Gasteiger partial charge in [0.05, 0.1) is 0 Å². The quantitative estimate of drug-likeness (QED) is 0.291. The molecule has 1 N–H and O–H groups in total. The second kappa shape index (κ2) is 12.4. The zero-order chi connectivity index (χ0) is 23.8. The van der Waals surface area contributed by atoms with Crippen LogP contribution in [0.25, 0.3) is 0 Å². The van der Waals surface area contributed by atoms with E-state index in [2.05, 4.69) is 0 Å². The molecular formula is C23H27AsCl2O6. The normalized spacial score (nSPS) is 12.7. The summed E-state index contributed by atoms with van der Waals surface area (Å²) in [5.41, 5.74) is 0.762. The number of esters is 1. The Kier molecular flexibility index (Phi) is 10.2. The molecule has 0 spiro atoms. The molecule has 0 aliphatic heterocycles. The van der Waals surface area contributed by atoms with E-state index in [1.54, 1.807) is 44.2 Å². The summed E-state index contributed by atoms with van der Waals surface area (Å²) in [6.45, 7) is 7.88. The predicted molar refractivity (Wildman–Crippen MR) is 127 cm³/mol. The van der Waals surface area contributed by atoms with E-state index in [0.717, 1.165) is 12.0 Å². The van der Waals surface area contributed by atoms with E-state index in [1.807, 2.05) is 13.8 Å². The number of carbonyl (C=O) groups is 2. The molecule has 0 saturated carbocycles.